The van der Waals surface area contributed by atoms with Gasteiger partial charge in [0.1, 0.15) is 0 Å². The second kappa shape index (κ2) is 3.87. The van der Waals surface area contributed by atoms with Crippen molar-refractivity contribution in [2.75, 3.05) is 0 Å². The highest BCUT2D eigenvalue weighted by atomic mass is 14.6. The van der Waals surface area contributed by atoms with Crippen LogP contribution in [-0.4, -0.2) is 0 Å². The molecule has 0 radical (unpaired) electrons. The van der Waals surface area contributed by atoms with Crippen LogP contribution in [0.3, 0.4) is 0 Å². The Labute approximate surface area is 86.7 Å². The number of hydrogen-bond donors (Lipinski definition) is 1. The normalized spacial score (nSPS) is 22.9. The molecule has 0 aromatic carbocycles. The van der Waals surface area contributed by atoms with Crippen molar-refractivity contribution in [2.24, 2.45) is 17.1 Å². The Morgan fingerprint density at radius 2 is 2.00 bits per heavy atom. The molecule has 0 aromatic heterocycles. The SMILES string of the molecule is C=C1C=CC(N)=CC1/C=C\C(C)(C)C. The largest absolute Gasteiger partial charge is 0.399 e. The molecule has 0 aliphatic heterocycles. The second-order valence-corrected chi connectivity index (χ2v) is 4.83. The summed E-state index contributed by atoms with van der Waals surface area (Å²) in [5.74, 6) is 0.263. The van der Waals surface area contributed by atoms with Crippen LogP contribution in [0.5, 0.6) is 0 Å². The van der Waals surface area contributed by atoms with E-state index in [1.54, 1.807) is 0 Å². The van der Waals surface area contributed by atoms with Crippen molar-refractivity contribution in [2.45, 2.75) is 20.8 Å². The first-order chi connectivity index (χ1) is 6.38. The van der Waals surface area contributed by atoms with Crippen LogP contribution in [0, 0.1) is 11.3 Å². The predicted molar refractivity (Wildman–Crippen MR) is 62.6 cm³/mol. The zero-order valence-corrected chi connectivity index (χ0v) is 9.25. The second-order valence-electron chi connectivity index (χ2n) is 4.83. The van der Waals surface area contributed by atoms with Gasteiger partial charge in [-0.3, -0.25) is 0 Å². The zero-order valence-electron chi connectivity index (χ0n) is 9.25. The Kier molecular flexibility index (Phi) is 3.00. The lowest BCUT2D eigenvalue weighted by Gasteiger charge is -2.17. The minimum Gasteiger partial charge on any atom is -0.399 e. The van der Waals surface area contributed by atoms with Gasteiger partial charge in [-0.2, -0.15) is 0 Å². The molecule has 1 aliphatic rings. The van der Waals surface area contributed by atoms with E-state index in [2.05, 4.69) is 39.5 Å². The lowest BCUT2D eigenvalue weighted by atomic mass is 9.89. The van der Waals surface area contributed by atoms with Gasteiger partial charge in [0.05, 0.1) is 0 Å². The van der Waals surface area contributed by atoms with Crippen molar-refractivity contribution < 1.29 is 0 Å². The van der Waals surface area contributed by atoms with Gasteiger partial charge in [-0.1, -0.05) is 51.7 Å². The summed E-state index contributed by atoms with van der Waals surface area (Å²) in [5, 5.41) is 0. The average Bonchev–Trinajstić information content (AvgIpc) is 2.05. The first kappa shape index (κ1) is 10.8. The van der Waals surface area contributed by atoms with E-state index in [4.69, 9.17) is 5.73 Å². The summed E-state index contributed by atoms with van der Waals surface area (Å²) >= 11 is 0. The fraction of sp³-hybridized carbons (Fsp3) is 0.385. The Balaban J connectivity index is 2.75. The van der Waals surface area contributed by atoms with Crippen LogP contribution in [0.1, 0.15) is 20.8 Å². The van der Waals surface area contributed by atoms with E-state index in [9.17, 15) is 0 Å². The van der Waals surface area contributed by atoms with Gasteiger partial charge in [0, 0.05) is 11.6 Å². The molecule has 0 bridgehead atoms. The summed E-state index contributed by atoms with van der Waals surface area (Å²) in [4.78, 5) is 0. The molecular weight excluding hydrogens is 170 g/mol. The van der Waals surface area contributed by atoms with E-state index in [0.717, 1.165) is 11.3 Å². The molecule has 0 aromatic rings. The molecule has 1 atom stereocenters. The molecule has 0 amide bonds. The van der Waals surface area contributed by atoms with Crippen molar-refractivity contribution in [1.82, 2.24) is 0 Å². The highest BCUT2D eigenvalue weighted by Crippen LogP contribution is 2.23. The van der Waals surface area contributed by atoms with Gasteiger partial charge < -0.3 is 5.73 Å². The lowest BCUT2D eigenvalue weighted by molar-refractivity contribution is 0.541. The monoisotopic (exact) mass is 189 g/mol. The number of rotatable bonds is 1. The van der Waals surface area contributed by atoms with Gasteiger partial charge in [-0.25, -0.2) is 0 Å². The molecule has 0 saturated heterocycles. The Bertz CT molecular complexity index is 311. The molecule has 1 unspecified atom stereocenters. The third-order valence-corrected chi connectivity index (χ3v) is 2.09. The maximum Gasteiger partial charge on any atom is 0.0282 e. The van der Waals surface area contributed by atoms with Gasteiger partial charge in [0.25, 0.3) is 0 Å². The van der Waals surface area contributed by atoms with Crippen molar-refractivity contribution in [1.29, 1.82) is 0 Å². The van der Waals surface area contributed by atoms with Crippen LogP contribution in [0.25, 0.3) is 0 Å². The maximum atomic E-state index is 5.73. The number of nitrogens with two attached hydrogens (primary N) is 1. The summed E-state index contributed by atoms with van der Waals surface area (Å²) in [7, 11) is 0. The van der Waals surface area contributed by atoms with E-state index in [1.807, 2.05) is 18.2 Å². The Hall–Kier alpha value is -1.24. The zero-order chi connectivity index (χ0) is 10.8. The first-order valence-electron chi connectivity index (χ1n) is 4.92. The summed E-state index contributed by atoms with van der Waals surface area (Å²) in [6.45, 7) is 10.5. The van der Waals surface area contributed by atoms with E-state index in [1.165, 1.54) is 0 Å². The molecule has 0 spiro atoms. The smallest absolute Gasteiger partial charge is 0.0282 e. The van der Waals surface area contributed by atoms with Crippen LogP contribution in [0.15, 0.2) is 48.2 Å². The van der Waals surface area contributed by atoms with E-state index >= 15 is 0 Å². The van der Waals surface area contributed by atoms with Gasteiger partial charge in [-0.05, 0) is 17.1 Å². The van der Waals surface area contributed by atoms with Crippen molar-refractivity contribution in [3.63, 3.8) is 0 Å². The lowest BCUT2D eigenvalue weighted by Crippen LogP contribution is -2.07. The summed E-state index contributed by atoms with van der Waals surface area (Å²) in [6.07, 6.45) is 10.3. The fourth-order valence-electron chi connectivity index (χ4n) is 1.26. The Morgan fingerprint density at radius 1 is 1.36 bits per heavy atom. The minimum atomic E-state index is 0.212. The summed E-state index contributed by atoms with van der Waals surface area (Å²) < 4.78 is 0. The first-order valence-corrected chi connectivity index (χ1v) is 4.92. The molecule has 1 rings (SSSR count). The van der Waals surface area contributed by atoms with E-state index in [0.29, 0.717) is 0 Å². The van der Waals surface area contributed by atoms with Gasteiger partial charge in [0.2, 0.25) is 0 Å². The molecule has 1 heteroatoms. The van der Waals surface area contributed by atoms with Gasteiger partial charge in [0.15, 0.2) is 0 Å². The quantitative estimate of drug-likeness (QED) is 0.630. The Morgan fingerprint density at radius 3 is 2.57 bits per heavy atom. The number of hydrogen-bond acceptors (Lipinski definition) is 1. The summed E-state index contributed by atoms with van der Waals surface area (Å²) in [6, 6.07) is 0. The fourth-order valence-corrected chi connectivity index (χ4v) is 1.26. The van der Waals surface area contributed by atoms with Gasteiger partial charge >= 0.3 is 0 Å². The third kappa shape index (κ3) is 3.25. The van der Waals surface area contributed by atoms with Crippen molar-refractivity contribution in [3.8, 4) is 0 Å². The van der Waals surface area contributed by atoms with Crippen LogP contribution >= 0.6 is 0 Å². The molecule has 1 aliphatic carbocycles. The molecular formula is C13H19N. The van der Waals surface area contributed by atoms with Crippen LogP contribution < -0.4 is 5.73 Å². The number of allylic oxidation sites excluding steroid dienone is 6. The molecule has 76 valence electrons. The van der Waals surface area contributed by atoms with Crippen LogP contribution in [0.2, 0.25) is 0 Å². The predicted octanol–water partition coefficient (Wildman–Crippen LogP) is 3.17. The highest BCUT2D eigenvalue weighted by molar-refractivity contribution is 5.38. The van der Waals surface area contributed by atoms with Crippen molar-refractivity contribution >= 4 is 0 Å². The van der Waals surface area contributed by atoms with E-state index < -0.39 is 0 Å². The molecule has 0 saturated carbocycles. The topological polar surface area (TPSA) is 26.0 Å². The molecule has 0 fully saturated rings. The maximum absolute atomic E-state index is 5.73. The minimum absolute atomic E-state index is 0.212. The van der Waals surface area contributed by atoms with Crippen LogP contribution in [-0.2, 0) is 0 Å². The molecule has 14 heavy (non-hydrogen) atoms. The average molecular weight is 189 g/mol. The molecule has 0 heterocycles. The summed E-state index contributed by atoms with van der Waals surface area (Å²) in [5.41, 5.74) is 7.86. The highest BCUT2D eigenvalue weighted by Gasteiger charge is 2.10. The molecule has 2 N–H and O–H groups in total. The third-order valence-electron chi connectivity index (χ3n) is 2.09. The molecule has 1 nitrogen and oxygen atoms in total. The van der Waals surface area contributed by atoms with Crippen molar-refractivity contribution in [3.05, 3.63) is 48.2 Å². The standard InChI is InChI=1S/C13H19N/c1-10-5-6-12(14)9-11(10)7-8-13(2,3)4/h5-9,11H,1,14H2,2-4H3/b8-7-. The van der Waals surface area contributed by atoms with Gasteiger partial charge in [-0.15, -0.1) is 0 Å². The van der Waals surface area contributed by atoms with Crippen LogP contribution in [0.4, 0.5) is 0 Å². The van der Waals surface area contributed by atoms with E-state index in [-0.39, 0.29) is 11.3 Å².